The van der Waals surface area contributed by atoms with E-state index in [4.69, 9.17) is 23.7 Å². The molecule has 224 valence electrons. The van der Waals surface area contributed by atoms with Gasteiger partial charge in [0.2, 0.25) is 0 Å². The number of rotatable bonds is 15. The van der Waals surface area contributed by atoms with E-state index in [2.05, 4.69) is 20.9 Å². The first-order chi connectivity index (χ1) is 18.9. The Bertz CT molecular complexity index is 747. The minimum Gasteiger partial charge on any atom is -0.491 e. The molecule has 0 radical (unpaired) electrons. The summed E-state index contributed by atoms with van der Waals surface area (Å²) >= 11 is 0. The van der Waals surface area contributed by atoms with Crippen LogP contribution in [0.2, 0.25) is 0 Å². The molecular formula is C29H52N4O6. The van der Waals surface area contributed by atoms with Crippen molar-refractivity contribution in [3.8, 4) is 5.75 Å². The topological polar surface area (TPSA) is 103 Å². The van der Waals surface area contributed by atoms with Gasteiger partial charge in [0.1, 0.15) is 24.0 Å². The maximum Gasteiger partial charge on any atom is 0.324 e. The molecule has 1 fully saturated rings. The van der Waals surface area contributed by atoms with Gasteiger partial charge in [0.15, 0.2) is 0 Å². The number of benzene rings is 1. The van der Waals surface area contributed by atoms with Crippen molar-refractivity contribution in [3.63, 3.8) is 0 Å². The summed E-state index contributed by atoms with van der Waals surface area (Å²) in [7, 11) is 0. The number of hydrogen-bond donors (Lipinski definition) is 3. The highest BCUT2D eigenvalue weighted by Gasteiger charge is 2.30. The molecule has 2 rings (SSSR count). The molecule has 0 aliphatic carbocycles. The fourth-order valence-electron chi connectivity index (χ4n) is 4.08. The highest BCUT2D eigenvalue weighted by molar-refractivity contribution is 5.76. The van der Waals surface area contributed by atoms with Crippen molar-refractivity contribution in [2.24, 2.45) is 0 Å². The van der Waals surface area contributed by atoms with Gasteiger partial charge in [-0.2, -0.15) is 0 Å². The molecule has 39 heavy (non-hydrogen) atoms. The molecule has 1 aliphatic heterocycles. The Hall–Kier alpha value is -1.79. The monoisotopic (exact) mass is 552 g/mol. The standard InChI is InChI=1S/C29H52N4O6/c1-5-35-18-19-36-20-21-37-22-23-38-26-8-6-25(7-9-26)24-27(28(34)39-29(2,3)4)33-16-14-31-12-10-30-11-13-32-15-17-33/h6-9,27,30-32H,5,10-24H2,1-4H3. The maximum absolute atomic E-state index is 13.4. The zero-order valence-corrected chi connectivity index (χ0v) is 24.6. The van der Waals surface area contributed by atoms with E-state index in [1.165, 1.54) is 0 Å². The van der Waals surface area contributed by atoms with Gasteiger partial charge in [-0.05, 0) is 51.8 Å². The maximum atomic E-state index is 13.4. The largest absolute Gasteiger partial charge is 0.491 e. The summed E-state index contributed by atoms with van der Waals surface area (Å²) in [4.78, 5) is 15.6. The summed E-state index contributed by atoms with van der Waals surface area (Å²) in [6.45, 7) is 18.5. The average molecular weight is 553 g/mol. The van der Waals surface area contributed by atoms with Gasteiger partial charge in [-0.25, -0.2) is 0 Å². The summed E-state index contributed by atoms with van der Waals surface area (Å²) in [6.07, 6.45) is 0.573. The zero-order chi connectivity index (χ0) is 28.2. The van der Waals surface area contributed by atoms with Crippen molar-refractivity contribution >= 4 is 5.97 Å². The molecule has 1 heterocycles. The molecule has 0 bridgehead atoms. The summed E-state index contributed by atoms with van der Waals surface area (Å²) < 4.78 is 27.9. The highest BCUT2D eigenvalue weighted by Crippen LogP contribution is 2.18. The third-order valence-corrected chi connectivity index (χ3v) is 6.03. The first-order valence-corrected chi connectivity index (χ1v) is 14.4. The fraction of sp³-hybridized carbons (Fsp3) is 0.759. The SMILES string of the molecule is CCOCCOCCOCCOc1ccc(CC(C(=O)OC(C)(C)C)N2CCNCCNCCNCC2)cc1. The van der Waals surface area contributed by atoms with Gasteiger partial charge >= 0.3 is 5.97 Å². The first-order valence-electron chi connectivity index (χ1n) is 14.4. The number of carbonyl (C=O) groups is 1. The van der Waals surface area contributed by atoms with E-state index in [1.54, 1.807) is 0 Å². The van der Waals surface area contributed by atoms with Gasteiger partial charge in [-0.3, -0.25) is 9.69 Å². The quantitative estimate of drug-likeness (QED) is 0.219. The van der Waals surface area contributed by atoms with Crippen molar-refractivity contribution < 1.29 is 28.5 Å². The lowest BCUT2D eigenvalue weighted by atomic mass is 10.0. The van der Waals surface area contributed by atoms with Crippen molar-refractivity contribution in [1.82, 2.24) is 20.9 Å². The Labute approximate surface area is 235 Å². The molecule has 1 unspecified atom stereocenters. The van der Waals surface area contributed by atoms with Gasteiger partial charge < -0.3 is 39.6 Å². The molecule has 1 atom stereocenters. The minimum atomic E-state index is -0.542. The molecule has 1 saturated heterocycles. The molecule has 0 amide bonds. The van der Waals surface area contributed by atoms with Crippen LogP contribution in [0.4, 0.5) is 0 Å². The van der Waals surface area contributed by atoms with E-state index in [1.807, 2.05) is 52.0 Å². The summed E-state index contributed by atoms with van der Waals surface area (Å²) in [6, 6.07) is 7.58. The van der Waals surface area contributed by atoms with Crippen molar-refractivity contribution in [1.29, 1.82) is 0 Å². The molecule has 1 aromatic rings. The van der Waals surface area contributed by atoms with Crippen LogP contribution in [-0.4, -0.2) is 121 Å². The molecule has 0 aromatic heterocycles. The molecule has 0 saturated carbocycles. The van der Waals surface area contributed by atoms with Gasteiger partial charge in [-0.1, -0.05) is 12.1 Å². The van der Waals surface area contributed by atoms with Crippen LogP contribution in [0.3, 0.4) is 0 Å². The van der Waals surface area contributed by atoms with Crippen LogP contribution < -0.4 is 20.7 Å². The summed E-state index contributed by atoms with van der Waals surface area (Å²) in [5.74, 6) is 0.591. The Morgan fingerprint density at radius 2 is 1.31 bits per heavy atom. The Kier molecular flexibility index (Phi) is 17.3. The van der Waals surface area contributed by atoms with E-state index in [9.17, 15) is 4.79 Å². The molecule has 10 heteroatoms. The molecule has 1 aliphatic rings. The Morgan fingerprint density at radius 3 is 1.85 bits per heavy atom. The number of carbonyl (C=O) groups excluding carboxylic acids is 1. The molecule has 10 nitrogen and oxygen atoms in total. The Balaban J connectivity index is 1.88. The van der Waals surface area contributed by atoms with Crippen LogP contribution in [0.1, 0.15) is 33.3 Å². The molecule has 1 aromatic carbocycles. The van der Waals surface area contributed by atoms with Gasteiger partial charge in [0.05, 0.1) is 33.0 Å². The number of ether oxygens (including phenoxy) is 5. The van der Waals surface area contributed by atoms with E-state index in [0.717, 1.165) is 63.7 Å². The van der Waals surface area contributed by atoms with Crippen LogP contribution in [-0.2, 0) is 30.2 Å². The van der Waals surface area contributed by atoms with Crippen LogP contribution in [0.15, 0.2) is 24.3 Å². The minimum absolute atomic E-state index is 0.185. The number of esters is 1. The molecular weight excluding hydrogens is 500 g/mol. The zero-order valence-electron chi connectivity index (χ0n) is 24.6. The van der Waals surface area contributed by atoms with Gasteiger partial charge in [0, 0.05) is 59.0 Å². The third-order valence-electron chi connectivity index (χ3n) is 6.03. The molecule has 0 spiro atoms. The lowest BCUT2D eigenvalue weighted by Crippen LogP contribution is -2.51. The number of nitrogens with zero attached hydrogens (tertiary/aromatic N) is 1. The Morgan fingerprint density at radius 1 is 0.795 bits per heavy atom. The van der Waals surface area contributed by atoms with Crippen LogP contribution in [0, 0.1) is 0 Å². The number of nitrogens with one attached hydrogen (secondary N) is 3. The van der Waals surface area contributed by atoms with Crippen molar-refractivity contribution in [2.75, 3.05) is 98.6 Å². The summed E-state index contributed by atoms with van der Waals surface area (Å²) in [5, 5.41) is 10.4. The lowest BCUT2D eigenvalue weighted by Gasteiger charge is -2.33. The molecule has 3 N–H and O–H groups in total. The second-order valence-electron chi connectivity index (χ2n) is 10.5. The van der Waals surface area contributed by atoms with Gasteiger partial charge in [-0.15, -0.1) is 0 Å². The first kappa shape index (κ1) is 33.4. The lowest BCUT2D eigenvalue weighted by molar-refractivity contribution is -0.161. The smallest absolute Gasteiger partial charge is 0.324 e. The third kappa shape index (κ3) is 16.2. The number of hydrogen-bond acceptors (Lipinski definition) is 10. The van der Waals surface area contributed by atoms with Crippen molar-refractivity contribution in [3.05, 3.63) is 29.8 Å². The second-order valence-corrected chi connectivity index (χ2v) is 10.5. The van der Waals surface area contributed by atoms with E-state index in [0.29, 0.717) is 52.7 Å². The van der Waals surface area contributed by atoms with E-state index < -0.39 is 5.60 Å². The van der Waals surface area contributed by atoms with Crippen LogP contribution >= 0.6 is 0 Å². The van der Waals surface area contributed by atoms with Crippen LogP contribution in [0.5, 0.6) is 5.75 Å². The van der Waals surface area contributed by atoms with Gasteiger partial charge in [0.25, 0.3) is 0 Å². The van der Waals surface area contributed by atoms with E-state index in [-0.39, 0.29) is 12.0 Å². The summed E-state index contributed by atoms with van der Waals surface area (Å²) in [5.41, 5.74) is 0.522. The van der Waals surface area contributed by atoms with E-state index >= 15 is 0 Å². The highest BCUT2D eigenvalue weighted by atomic mass is 16.6. The normalized spacial score (nSPS) is 17.1. The van der Waals surface area contributed by atoms with Crippen LogP contribution in [0.25, 0.3) is 0 Å². The fourth-order valence-corrected chi connectivity index (χ4v) is 4.08. The predicted molar refractivity (Wildman–Crippen MR) is 154 cm³/mol. The predicted octanol–water partition coefficient (Wildman–Crippen LogP) is 1.47. The van der Waals surface area contributed by atoms with Crippen molar-refractivity contribution in [2.45, 2.75) is 45.8 Å². The average Bonchev–Trinajstić information content (AvgIpc) is 2.89. The second kappa shape index (κ2) is 20.1.